The van der Waals surface area contributed by atoms with Gasteiger partial charge in [-0.2, -0.15) is 15.0 Å². The normalized spacial score (nSPS) is 26.0. The van der Waals surface area contributed by atoms with E-state index in [1.165, 1.54) is 48.5 Å². The Labute approximate surface area is 434 Å². The van der Waals surface area contributed by atoms with Gasteiger partial charge in [-0.3, -0.25) is 42.9 Å². The Morgan fingerprint density at radius 1 is 0.622 bits per heavy atom. The van der Waals surface area contributed by atoms with Gasteiger partial charge in [0.25, 0.3) is 0 Å². The summed E-state index contributed by atoms with van der Waals surface area (Å²) in [5.41, 5.74) is 17.7. The zero-order valence-electron chi connectivity index (χ0n) is 40.7. The highest BCUT2D eigenvalue weighted by molar-refractivity contribution is 7.16. The maximum atomic E-state index is 12.5. The van der Waals surface area contributed by atoms with E-state index in [2.05, 4.69) is 34.9 Å². The summed E-state index contributed by atoms with van der Waals surface area (Å²) in [7, 11) is 0. The van der Waals surface area contributed by atoms with E-state index in [1.807, 2.05) is 27.7 Å². The summed E-state index contributed by atoms with van der Waals surface area (Å²) in [6.07, 6.45) is 2.06. The molecule has 6 aromatic rings. The van der Waals surface area contributed by atoms with Crippen molar-refractivity contribution < 1.29 is 58.1 Å². The van der Waals surface area contributed by atoms with Gasteiger partial charge in [0.2, 0.25) is 24.1 Å². The molecule has 1 unspecified atom stereocenters. The van der Waals surface area contributed by atoms with Crippen LogP contribution in [0, 0.1) is 17.8 Å². The van der Waals surface area contributed by atoms with E-state index in [9.17, 15) is 44.1 Å². The second-order valence-electron chi connectivity index (χ2n) is 16.7. The van der Waals surface area contributed by atoms with E-state index >= 15 is 0 Å². The molecule has 10 N–H and O–H groups in total. The first-order valence-corrected chi connectivity index (χ1v) is 25.5. The molecule has 30 heteroatoms. The third-order valence-electron chi connectivity index (χ3n) is 12.0. The van der Waals surface area contributed by atoms with Crippen molar-refractivity contribution in [3.05, 3.63) is 47.6 Å². The number of aromatic amines is 1. The highest BCUT2D eigenvalue weighted by atomic mass is 32.1. The number of anilines is 3. The fourth-order valence-corrected chi connectivity index (χ4v) is 11.1. The standard InChI is InChI=1S/C15H20N4O4S.C12H20O5.C11H14N4O5S.C5H4N4OS.CH4/c1-4-8-9(5-2)23-13(11(8)22-7(3)20)19-12-10(24-15(19)21)6-17-14(16)18-12;1-5-9-10(6-2)17-12(16-8(4)14)11(9)15-7(3)13;12-10-13-1-6-8(14-10)15(11(19)21-6)9-7(18)4(2-16)5(3-17)20-9;6-4-7-1-2-3(8-4)9-5(10)11-2;/h6,8-9,11,13H,4-5H2,1-3H3,(H2,16,17,18);9-12H,5-6H2,1-4H3;1,4-5,7,9,16-18H,2-3H2,(H2,12,13,14);1H,(H3,6,7,8,9,10);1H4/t8-,9-,11-,13-;9-,10-,11-,12?;4-,5-,7-,9-;;/m111../s1. The molecule has 3 aliphatic rings. The number of nitrogen functional groups attached to an aromatic ring is 3. The van der Waals surface area contributed by atoms with E-state index in [1.54, 1.807) is 0 Å². The number of aliphatic hydroxyl groups excluding tert-OH is 3. The lowest BCUT2D eigenvalue weighted by atomic mass is 9.93. The number of nitrogens with zero attached hydrogens (tertiary/aromatic N) is 8. The Kier molecular flexibility index (Phi) is 20.6. The van der Waals surface area contributed by atoms with E-state index in [4.69, 9.17) is 45.6 Å². The molecule has 3 saturated heterocycles. The van der Waals surface area contributed by atoms with Crippen molar-refractivity contribution in [3.63, 3.8) is 0 Å². The lowest BCUT2D eigenvalue weighted by molar-refractivity contribution is -0.194. The third kappa shape index (κ3) is 13.2. The van der Waals surface area contributed by atoms with Crippen LogP contribution in [0.15, 0.2) is 33.0 Å². The molecule has 0 saturated carbocycles. The summed E-state index contributed by atoms with van der Waals surface area (Å²) < 4.78 is 37.5. The molecular weight excluding hydrogens is 1030 g/mol. The number of ether oxygens (including phenoxy) is 6. The topological polar surface area (TPSA) is 400 Å². The Morgan fingerprint density at radius 3 is 1.55 bits per heavy atom. The molecule has 74 heavy (non-hydrogen) atoms. The molecule has 0 spiro atoms. The van der Waals surface area contributed by atoms with Crippen LogP contribution in [-0.4, -0.2) is 133 Å². The maximum Gasteiger partial charge on any atom is 0.311 e. The molecule has 3 aliphatic heterocycles. The van der Waals surface area contributed by atoms with Crippen molar-refractivity contribution in [3.8, 4) is 0 Å². The van der Waals surface area contributed by atoms with Gasteiger partial charge in [-0.15, -0.1) is 0 Å². The van der Waals surface area contributed by atoms with Crippen LogP contribution in [0.1, 0.15) is 94.0 Å². The molecule has 6 aromatic heterocycles. The van der Waals surface area contributed by atoms with Gasteiger partial charge in [0.1, 0.15) is 6.10 Å². The molecule has 0 radical (unpaired) electrons. The molecule has 12 atom stereocenters. The smallest absolute Gasteiger partial charge is 0.311 e. The van der Waals surface area contributed by atoms with Gasteiger partial charge >= 0.3 is 32.5 Å². The first-order valence-electron chi connectivity index (χ1n) is 23.0. The summed E-state index contributed by atoms with van der Waals surface area (Å²) in [5.74, 6) is -1.55. The lowest BCUT2D eigenvalue weighted by Gasteiger charge is -2.23. The van der Waals surface area contributed by atoms with Crippen molar-refractivity contribution >= 4 is 101 Å². The minimum atomic E-state index is -1.14. The molecule has 9 rings (SSSR count). The molecule has 27 nitrogen and oxygen atoms in total. The number of fused-ring (bicyclic) bond motifs is 3. The minimum Gasteiger partial charge on any atom is -0.457 e. The Hall–Kier alpha value is -6.12. The monoisotopic (exact) mass is 1090 g/mol. The summed E-state index contributed by atoms with van der Waals surface area (Å²) >= 11 is 2.99. The van der Waals surface area contributed by atoms with Gasteiger partial charge in [-0.25, -0.2) is 15.0 Å². The number of nitrogens with two attached hydrogens (primary N) is 3. The number of carbonyl (C=O) groups excluding carboxylic acids is 3. The van der Waals surface area contributed by atoms with Crippen LogP contribution in [0.4, 0.5) is 17.8 Å². The zero-order valence-corrected chi connectivity index (χ0v) is 43.1. The number of nitrogens with one attached hydrogen (secondary N) is 1. The van der Waals surface area contributed by atoms with Crippen LogP contribution in [0.3, 0.4) is 0 Å². The number of H-pyrrole nitrogens is 1. The van der Waals surface area contributed by atoms with Crippen LogP contribution in [0.5, 0.6) is 0 Å². The fourth-order valence-electron chi connectivity index (χ4n) is 8.80. The van der Waals surface area contributed by atoms with Crippen molar-refractivity contribution in [2.24, 2.45) is 17.8 Å². The first-order chi connectivity index (χ1) is 34.8. The average molecular weight is 1100 g/mol. The Morgan fingerprint density at radius 2 is 1.08 bits per heavy atom. The van der Waals surface area contributed by atoms with Crippen LogP contribution in [0.25, 0.3) is 31.0 Å². The molecule has 9 heterocycles. The van der Waals surface area contributed by atoms with Crippen molar-refractivity contribution in [2.75, 3.05) is 30.4 Å². The second-order valence-corrected chi connectivity index (χ2v) is 19.7. The maximum absolute atomic E-state index is 12.5. The molecule has 0 amide bonds. The molecule has 0 bridgehead atoms. The number of carbonyl (C=O) groups is 3. The van der Waals surface area contributed by atoms with E-state index in [0.29, 0.717) is 20.7 Å². The summed E-state index contributed by atoms with van der Waals surface area (Å²) in [6.45, 7) is 11.3. The first kappa shape index (κ1) is 58.8. The van der Waals surface area contributed by atoms with Gasteiger partial charge in [0, 0.05) is 38.5 Å². The van der Waals surface area contributed by atoms with Gasteiger partial charge in [-0.1, -0.05) is 69.1 Å². The highest BCUT2D eigenvalue weighted by Gasteiger charge is 2.49. The van der Waals surface area contributed by atoms with Gasteiger partial charge in [-0.05, 0) is 25.7 Å². The number of rotatable bonds is 11. The summed E-state index contributed by atoms with van der Waals surface area (Å²) in [5, 5.41) is 28.8. The Balaban J connectivity index is 0.000000188. The SMILES string of the molecule is C.CC[C@@H]1[C@@H](CC)OC(OC(C)=O)[C@@H]1OC(C)=O.CC[C@H]1[C@@H](OC(C)=O)[C@H](n2c(=O)sc3cnc(N)nc32)O[C@@H]1CC.Nc1ncc2sc(=O)[nH]c2n1.Nc1ncc2sc(=O)n([C@@H]3O[C@H](CO)[C@@H](CO)[C@H]3O)c2n1. The predicted octanol–water partition coefficient (Wildman–Crippen LogP) is 2.24. The van der Waals surface area contributed by atoms with Crippen molar-refractivity contribution in [2.45, 2.75) is 137 Å². The van der Waals surface area contributed by atoms with E-state index in [0.717, 1.165) is 64.4 Å². The molecule has 406 valence electrons. The van der Waals surface area contributed by atoms with Gasteiger partial charge < -0.3 is 60.9 Å². The predicted molar refractivity (Wildman–Crippen MR) is 273 cm³/mol. The van der Waals surface area contributed by atoms with Crippen molar-refractivity contribution in [1.82, 2.24) is 44.0 Å². The molecule has 0 aliphatic carbocycles. The molecular formula is C44H62N12O15S3. The van der Waals surface area contributed by atoms with Crippen molar-refractivity contribution in [1.29, 1.82) is 0 Å². The third-order valence-corrected chi connectivity index (χ3v) is 14.5. The Bertz CT molecular complexity index is 3050. The molecule has 3 fully saturated rings. The average Bonchev–Trinajstić information content (AvgIpc) is 4.18. The number of hydrogen-bond acceptors (Lipinski definition) is 27. The zero-order chi connectivity index (χ0) is 53.4. The van der Waals surface area contributed by atoms with Gasteiger partial charge in [0.15, 0.2) is 41.6 Å². The van der Waals surface area contributed by atoms with Crippen LogP contribution in [-0.2, 0) is 42.8 Å². The second kappa shape index (κ2) is 25.9. The van der Waals surface area contributed by atoms with Crippen LogP contribution < -0.4 is 31.8 Å². The van der Waals surface area contributed by atoms with E-state index < -0.39 is 61.0 Å². The highest BCUT2D eigenvalue weighted by Crippen LogP contribution is 2.41. The summed E-state index contributed by atoms with van der Waals surface area (Å²) in [6, 6.07) is 0. The number of hydrogen-bond donors (Lipinski definition) is 7. The minimum absolute atomic E-state index is 0. The molecule has 0 aromatic carbocycles. The summed E-state index contributed by atoms with van der Waals surface area (Å²) in [4.78, 5) is 94.2. The number of aliphatic hydroxyl groups is 3. The number of esters is 3. The number of aromatic nitrogens is 9. The van der Waals surface area contributed by atoms with Crippen LogP contribution in [0.2, 0.25) is 0 Å². The quantitative estimate of drug-likeness (QED) is 0.0722. The van der Waals surface area contributed by atoms with Gasteiger partial charge in [0.05, 0.1) is 64.2 Å². The van der Waals surface area contributed by atoms with E-state index in [-0.39, 0.29) is 88.8 Å². The van der Waals surface area contributed by atoms with Crippen LogP contribution >= 0.6 is 34.0 Å². The fraction of sp³-hybridized carbons (Fsp3) is 0.591. The number of thiazole rings is 3. The largest absolute Gasteiger partial charge is 0.457 e. The lowest BCUT2D eigenvalue weighted by Crippen LogP contribution is -2.34.